The number of aliphatic hydroxyl groups excluding tert-OH is 1. The van der Waals surface area contributed by atoms with Crippen LogP contribution in [0.1, 0.15) is 69.3 Å². The average Bonchev–Trinajstić information content (AvgIpc) is 3.70. The highest BCUT2D eigenvalue weighted by molar-refractivity contribution is 6.04. The zero-order valence-corrected chi connectivity index (χ0v) is 28.2. The molecule has 0 unspecified atom stereocenters. The van der Waals surface area contributed by atoms with Crippen molar-refractivity contribution < 1.29 is 14.6 Å². The average molecular weight is 655 g/mol. The van der Waals surface area contributed by atoms with Crippen LogP contribution in [0, 0.1) is 11.2 Å². The number of fused-ring (bicyclic) bond motifs is 5. The number of halogens is 1. The van der Waals surface area contributed by atoms with Gasteiger partial charge in [-0.05, 0) is 92.1 Å². The predicted molar refractivity (Wildman–Crippen MR) is 190 cm³/mol. The zero-order valence-electron chi connectivity index (χ0n) is 28.2. The van der Waals surface area contributed by atoms with E-state index >= 15 is 4.39 Å². The van der Waals surface area contributed by atoms with Crippen LogP contribution < -0.4 is 16.0 Å². The molecule has 3 fully saturated rings. The van der Waals surface area contributed by atoms with Gasteiger partial charge in [-0.3, -0.25) is 15.3 Å². The van der Waals surface area contributed by atoms with Crippen LogP contribution in [-0.2, 0) is 12.8 Å². The molecule has 2 aromatic heterocycles. The normalized spacial score (nSPS) is 18.7. The van der Waals surface area contributed by atoms with Crippen molar-refractivity contribution in [3.8, 4) is 17.0 Å². The number of benzene rings is 2. The molecule has 10 nitrogen and oxygen atoms in total. The number of anilines is 1. The molecule has 0 bridgehead atoms. The number of rotatable bonds is 6. The molecule has 4 aliphatic rings. The summed E-state index contributed by atoms with van der Waals surface area (Å²) in [7, 11) is 1.00. The number of pyridine rings is 1. The minimum atomic E-state index is -0.494. The number of hydrogen-bond donors (Lipinski definition) is 5. The molecule has 0 amide bonds. The molecule has 0 atom stereocenters. The van der Waals surface area contributed by atoms with E-state index in [1.54, 1.807) is 24.4 Å². The lowest BCUT2D eigenvalue weighted by Gasteiger charge is -2.32. The molecule has 48 heavy (non-hydrogen) atoms. The highest BCUT2D eigenvalue weighted by Gasteiger charge is 2.43. The highest BCUT2D eigenvalue weighted by Crippen LogP contribution is 2.44. The number of nitrogens with two attached hydrogens (primary N) is 1. The third kappa shape index (κ3) is 6.28. The standard InChI is InChI=1S/C34H37FN8O.C2H6.CH4O/c35-30-31(25-17-23(44)14-21-5-4-20-15-24(20)29(21)25)39-18-26-32(30)40-28(6-9-34-7-1-12-43(34)13-2-8-34)41-33(26)42-11-3-10-38-22(19-42)16-27(36)37;2*1-2/h4-5,14,16-18,38,44H,1-3,6-13,15,19H2,(H3,36,37);1-2H3;2H,1H3/b22-16-;;. The van der Waals surface area contributed by atoms with Gasteiger partial charge in [0, 0.05) is 55.7 Å². The Morgan fingerprint density at radius 2 is 1.88 bits per heavy atom. The second-order valence-corrected chi connectivity index (χ2v) is 12.9. The van der Waals surface area contributed by atoms with Gasteiger partial charge >= 0.3 is 0 Å². The summed E-state index contributed by atoms with van der Waals surface area (Å²) in [5.74, 6) is 0.860. The number of aromatic nitrogens is 3. The van der Waals surface area contributed by atoms with Crippen molar-refractivity contribution in [1.29, 1.82) is 5.41 Å². The van der Waals surface area contributed by atoms with Crippen LogP contribution in [0.5, 0.6) is 5.75 Å². The first-order valence-electron chi connectivity index (χ1n) is 17.2. The van der Waals surface area contributed by atoms with Gasteiger partial charge in [-0.25, -0.2) is 14.4 Å². The van der Waals surface area contributed by atoms with Crippen LogP contribution in [0.15, 0.2) is 42.2 Å². The van der Waals surface area contributed by atoms with E-state index in [2.05, 4.69) is 26.2 Å². The van der Waals surface area contributed by atoms with Crippen molar-refractivity contribution in [2.75, 3.05) is 44.7 Å². The molecule has 0 spiro atoms. The van der Waals surface area contributed by atoms with Gasteiger partial charge in [-0.2, -0.15) is 0 Å². The Morgan fingerprint density at radius 1 is 1.10 bits per heavy atom. The van der Waals surface area contributed by atoms with Crippen molar-refractivity contribution in [2.45, 2.75) is 70.8 Å². The number of phenolic OH excluding ortho intramolecular Hbond substituents is 1. The molecule has 254 valence electrons. The Bertz CT molecular complexity index is 1870. The Hall–Kier alpha value is -4.35. The van der Waals surface area contributed by atoms with Crippen LogP contribution in [0.25, 0.3) is 32.9 Å². The van der Waals surface area contributed by atoms with Gasteiger partial charge in [0.15, 0.2) is 5.82 Å². The van der Waals surface area contributed by atoms with E-state index in [4.69, 9.17) is 26.2 Å². The molecule has 6 N–H and O–H groups in total. The van der Waals surface area contributed by atoms with Crippen molar-refractivity contribution >= 4 is 33.3 Å². The topological polar surface area (TPSA) is 148 Å². The van der Waals surface area contributed by atoms with E-state index < -0.39 is 5.82 Å². The summed E-state index contributed by atoms with van der Waals surface area (Å²) in [5, 5.41) is 31.1. The Balaban J connectivity index is 0.000000969. The molecule has 3 saturated heterocycles. The number of aromatic hydroxyl groups is 1. The van der Waals surface area contributed by atoms with E-state index in [1.165, 1.54) is 36.8 Å². The monoisotopic (exact) mass is 654 g/mol. The molecule has 0 radical (unpaired) electrons. The largest absolute Gasteiger partial charge is 0.508 e. The summed E-state index contributed by atoms with van der Waals surface area (Å²) in [6.45, 7) is 8.23. The number of nitrogens with one attached hydrogen (secondary N) is 2. The zero-order chi connectivity index (χ0) is 34.0. The SMILES string of the molecule is CC.CO.N=C(N)/C=C1/CN(c2nc(CCC34CCCN3CCC4)nc3c(F)c(-c4cc(O)cc5ccc6c(c45)C6)ncc23)CCCN1. The fourth-order valence-electron chi connectivity index (χ4n) is 7.98. The smallest absolute Gasteiger partial charge is 0.175 e. The molecule has 5 heterocycles. The molecule has 11 heteroatoms. The van der Waals surface area contributed by atoms with E-state index in [0.29, 0.717) is 42.1 Å². The first-order chi connectivity index (χ1) is 23.4. The summed E-state index contributed by atoms with van der Waals surface area (Å²) in [4.78, 5) is 19.4. The minimum Gasteiger partial charge on any atom is -0.508 e. The van der Waals surface area contributed by atoms with Crippen molar-refractivity contribution in [1.82, 2.24) is 25.2 Å². The summed E-state index contributed by atoms with van der Waals surface area (Å²) in [6, 6.07) is 7.39. The lowest BCUT2D eigenvalue weighted by Crippen LogP contribution is -2.38. The van der Waals surface area contributed by atoms with Gasteiger partial charge < -0.3 is 26.2 Å². The molecule has 1 aliphatic carbocycles. The van der Waals surface area contributed by atoms with Gasteiger partial charge in [-0.1, -0.05) is 26.0 Å². The van der Waals surface area contributed by atoms with Gasteiger partial charge in [0.25, 0.3) is 0 Å². The summed E-state index contributed by atoms with van der Waals surface area (Å²) in [6.07, 6.45) is 11.5. The molecule has 2 aromatic carbocycles. The Labute approximate surface area is 281 Å². The third-order valence-corrected chi connectivity index (χ3v) is 10.1. The van der Waals surface area contributed by atoms with Gasteiger partial charge in [0.1, 0.15) is 34.4 Å². The van der Waals surface area contributed by atoms with Gasteiger partial charge in [0.2, 0.25) is 0 Å². The maximum atomic E-state index is 16.8. The van der Waals surface area contributed by atoms with Crippen LogP contribution in [-0.4, -0.2) is 81.3 Å². The molecular weight excluding hydrogens is 607 g/mol. The number of nitrogens with zero attached hydrogens (tertiary/aromatic N) is 5. The van der Waals surface area contributed by atoms with E-state index in [0.717, 1.165) is 62.5 Å². The second kappa shape index (κ2) is 14.0. The van der Waals surface area contributed by atoms with E-state index in [1.807, 2.05) is 19.9 Å². The Morgan fingerprint density at radius 3 is 2.62 bits per heavy atom. The minimum absolute atomic E-state index is 0.0184. The predicted octanol–water partition coefficient (Wildman–Crippen LogP) is 5.41. The van der Waals surface area contributed by atoms with E-state index in [9.17, 15) is 5.11 Å². The summed E-state index contributed by atoms with van der Waals surface area (Å²) in [5.41, 5.74) is 10.2. The molecular formula is C37H47FN8O2. The summed E-state index contributed by atoms with van der Waals surface area (Å²) >= 11 is 0. The maximum absolute atomic E-state index is 16.8. The number of hydrogen-bond acceptors (Lipinski definition) is 9. The van der Waals surface area contributed by atoms with Crippen LogP contribution >= 0.6 is 0 Å². The fraction of sp³-hybridized carbons (Fsp3) is 0.459. The number of amidine groups is 1. The molecule has 0 saturated carbocycles. The molecule has 3 aliphatic heterocycles. The highest BCUT2D eigenvalue weighted by atomic mass is 19.1. The lowest BCUT2D eigenvalue weighted by molar-refractivity contribution is 0.182. The fourth-order valence-corrected chi connectivity index (χ4v) is 7.98. The quantitative estimate of drug-likeness (QED) is 0.120. The first-order valence-corrected chi connectivity index (χ1v) is 17.2. The van der Waals surface area contributed by atoms with Crippen LogP contribution in [0.4, 0.5) is 10.2 Å². The van der Waals surface area contributed by atoms with E-state index in [-0.39, 0.29) is 28.3 Å². The van der Waals surface area contributed by atoms with Crippen molar-refractivity contribution in [3.63, 3.8) is 0 Å². The second-order valence-electron chi connectivity index (χ2n) is 12.9. The maximum Gasteiger partial charge on any atom is 0.175 e. The van der Waals surface area contributed by atoms with Crippen LogP contribution in [0.3, 0.4) is 0 Å². The number of aliphatic hydroxyl groups is 1. The van der Waals surface area contributed by atoms with Gasteiger partial charge in [-0.15, -0.1) is 0 Å². The first kappa shape index (κ1) is 33.5. The van der Waals surface area contributed by atoms with Gasteiger partial charge in [0.05, 0.1) is 11.9 Å². The number of aryl methyl sites for hydroxylation is 1. The lowest BCUT2D eigenvalue weighted by atomic mass is 9.88. The van der Waals surface area contributed by atoms with Crippen LogP contribution in [0.2, 0.25) is 0 Å². The summed E-state index contributed by atoms with van der Waals surface area (Å²) < 4.78 is 16.8. The third-order valence-electron chi connectivity index (χ3n) is 10.1. The molecule has 4 aromatic rings. The van der Waals surface area contributed by atoms with Crippen molar-refractivity contribution in [2.24, 2.45) is 5.73 Å². The number of phenols is 1. The van der Waals surface area contributed by atoms with Crippen molar-refractivity contribution in [3.05, 3.63) is 65.0 Å². The molecule has 8 rings (SSSR count). The Kier molecular flexibility index (Phi) is 9.80.